The molecule has 12 atom stereocenters. The molecule has 1 heterocycles. The van der Waals surface area contributed by atoms with Gasteiger partial charge in [0.25, 0.3) is 0 Å². The number of hydrogen-bond acceptors (Lipinski definition) is 17. The lowest BCUT2D eigenvalue weighted by molar-refractivity contribution is -0.136. The van der Waals surface area contributed by atoms with E-state index in [0.29, 0.717) is 5.56 Å². The molecule has 22 N–H and O–H groups in total. The third kappa shape index (κ3) is 23.3. The van der Waals surface area contributed by atoms with Gasteiger partial charge in [0.2, 0.25) is 59.1 Å². The van der Waals surface area contributed by atoms with Gasteiger partial charge < -0.3 is 92.0 Å². The zero-order valence-corrected chi connectivity index (χ0v) is 44.4. The molecule has 1 saturated heterocycles. The van der Waals surface area contributed by atoms with Crippen molar-refractivity contribution in [2.75, 3.05) is 32.7 Å². The van der Waals surface area contributed by atoms with E-state index in [1.54, 1.807) is 51.1 Å². The van der Waals surface area contributed by atoms with Crippen LogP contribution in [0.25, 0.3) is 0 Å². The van der Waals surface area contributed by atoms with Gasteiger partial charge in [-0.05, 0) is 110 Å². The van der Waals surface area contributed by atoms with Crippen molar-refractivity contribution in [2.24, 2.45) is 34.6 Å². The van der Waals surface area contributed by atoms with E-state index >= 15 is 0 Å². The molecular formula is C49H85N15O12. The molecule has 27 heteroatoms. The first-order chi connectivity index (χ1) is 36.0. The molecule has 428 valence electrons. The number of amides is 10. The molecule has 1 fully saturated rings. The van der Waals surface area contributed by atoms with Gasteiger partial charge in [0.05, 0.1) is 12.2 Å². The zero-order valence-electron chi connectivity index (χ0n) is 44.4. The maximum atomic E-state index is 14.4. The number of carbonyl (C=O) groups excluding carboxylic acids is 10. The molecule has 2 unspecified atom stereocenters. The number of nitrogens with one attached hydrogen (secondary N) is 10. The summed E-state index contributed by atoms with van der Waals surface area (Å²) in [6.07, 6.45) is -3.55. The number of nitrogens with two attached hydrogens (primary N) is 5. The predicted octanol–water partition coefficient (Wildman–Crippen LogP) is -6.17. The van der Waals surface area contributed by atoms with Gasteiger partial charge in [-0.2, -0.15) is 0 Å². The average molecular weight is 1080 g/mol. The van der Waals surface area contributed by atoms with Crippen molar-refractivity contribution < 1.29 is 58.2 Å². The van der Waals surface area contributed by atoms with Crippen molar-refractivity contribution in [2.45, 2.75) is 171 Å². The predicted molar refractivity (Wildman–Crippen MR) is 280 cm³/mol. The van der Waals surface area contributed by atoms with E-state index in [-0.39, 0.29) is 95.9 Å². The van der Waals surface area contributed by atoms with Crippen molar-refractivity contribution in [3.63, 3.8) is 0 Å². The Balaban J connectivity index is 2.74. The average Bonchev–Trinajstić information content (AvgIpc) is 3.35. The van der Waals surface area contributed by atoms with E-state index in [4.69, 9.17) is 28.7 Å². The molecule has 1 aromatic rings. The van der Waals surface area contributed by atoms with Crippen LogP contribution < -0.4 is 81.8 Å². The second kappa shape index (κ2) is 34.3. The van der Waals surface area contributed by atoms with Gasteiger partial charge in [0.1, 0.15) is 54.4 Å². The fourth-order valence-electron chi connectivity index (χ4n) is 7.94. The lowest BCUT2D eigenvalue weighted by Crippen LogP contribution is -2.61. The standard InChI is InChI=1S/C49H85N15O12/c1-26(2)24-36-46(73)56-31(12-9-19-50)41(68)58-34(17-22-53)45(72)64-39(28(4)65)48(75)55-23-18-35(59-42(69)33(16-21-52)60-49(76)40(29(5)66)63-38(67)14-13-27(3)54)44(71)57-32(15-20-51)43(70)62-37(47(74)61-36)25-30-10-7-6-8-11-30/h6-8,10-11,26-29,31-37,39-40,65-66H,9,12-25,50-54H2,1-5H3,(H,55,75)(H,56,73)(H,57,71)(H,58,68)(H,59,69)(H,60,76)(H,61,74)(H,62,70)(H,63,67)(H,64,72)/t27-,28?,29?,31-,32-,33-,34-,35-,36-,37+,39-,40-/m0/s1. The maximum Gasteiger partial charge on any atom is 0.245 e. The minimum atomic E-state index is -1.66. The van der Waals surface area contributed by atoms with Crippen LogP contribution in [0, 0.1) is 5.92 Å². The quantitative estimate of drug-likeness (QED) is 0.0485. The van der Waals surface area contributed by atoms with Gasteiger partial charge in [-0.3, -0.25) is 47.9 Å². The maximum absolute atomic E-state index is 14.4. The van der Waals surface area contributed by atoms with Gasteiger partial charge in [-0.1, -0.05) is 44.2 Å². The Morgan fingerprint density at radius 3 is 1.67 bits per heavy atom. The van der Waals surface area contributed by atoms with Crippen LogP contribution in [0.3, 0.4) is 0 Å². The Hall–Kier alpha value is -6.36. The van der Waals surface area contributed by atoms with Gasteiger partial charge in [0, 0.05) is 25.4 Å². The lowest BCUT2D eigenvalue weighted by Gasteiger charge is -2.28. The summed E-state index contributed by atoms with van der Waals surface area (Å²) < 4.78 is 0. The fourth-order valence-corrected chi connectivity index (χ4v) is 7.94. The van der Waals surface area contributed by atoms with Crippen LogP contribution in [0.15, 0.2) is 30.3 Å². The molecule has 27 nitrogen and oxygen atoms in total. The van der Waals surface area contributed by atoms with Crippen LogP contribution in [-0.4, -0.2) is 175 Å². The second-order valence-corrected chi connectivity index (χ2v) is 19.5. The highest BCUT2D eigenvalue weighted by atomic mass is 16.3. The number of carbonyl (C=O) groups is 10. The smallest absolute Gasteiger partial charge is 0.245 e. The summed E-state index contributed by atoms with van der Waals surface area (Å²) >= 11 is 0. The Bertz CT molecular complexity index is 2060. The van der Waals surface area contributed by atoms with E-state index in [9.17, 15) is 58.2 Å². The normalized spacial score (nSPS) is 23.9. The molecule has 0 aromatic heterocycles. The van der Waals surface area contributed by atoms with Crippen LogP contribution in [0.5, 0.6) is 0 Å². The number of aliphatic hydroxyl groups excluding tert-OH is 2. The van der Waals surface area contributed by atoms with Crippen LogP contribution in [0.1, 0.15) is 98.0 Å². The molecule has 0 aliphatic carbocycles. The molecule has 1 aliphatic heterocycles. The SMILES string of the molecule is CC(C)C[C@@H]1NC(=O)[C@@H](Cc2ccccc2)NC(=O)[C@H](CCN)NC(=O)[C@@H](NC(=O)[C@H](CCN)NC(=O)[C@@H](NC(=O)CC[C@H](C)N)C(C)O)CCNC(=O)[C@H](C(C)O)NC(=O)[C@H](CCN)NC(=O)[C@H](CCCN)NC1=O. The molecule has 0 radical (unpaired) electrons. The number of hydrogen-bond donors (Lipinski definition) is 17. The van der Waals surface area contributed by atoms with Crippen LogP contribution in [0.2, 0.25) is 0 Å². The molecule has 0 spiro atoms. The number of rotatable bonds is 23. The molecule has 1 aliphatic rings. The molecule has 0 saturated carbocycles. The first-order valence-corrected chi connectivity index (χ1v) is 25.9. The molecule has 10 amide bonds. The molecule has 1 aromatic carbocycles. The molecular weight excluding hydrogens is 991 g/mol. The van der Waals surface area contributed by atoms with Gasteiger partial charge in [0.15, 0.2) is 0 Å². The van der Waals surface area contributed by atoms with E-state index in [0.717, 1.165) is 0 Å². The number of aliphatic hydroxyl groups is 2. The topological polar surface area (TPSA) is 462 Å². The van der Waals surface area contributed by atoms with E-state index in [2.05, 4.69) is 53.2 Å². The lowest BCUT2D eigenvalue weighted by atomic mass is 10.00. The summed E-state index contributed by atoms with van der Waals surface area (Å²) in [5.74, 6) is -8.93. The summed E-state index contributed by atoms with van der Waals surface area (Å²) in [6.45, 7) is 6.95. The Morgan fingerprint density at radius 1 is 0.618 bits per heavy atom. The largest absolute Gasteiger partial charge is 0.391 e. The monoisotopic (exact) mass is 1080 g/mol. The molecule has 0 bridgehead atoms. The van der Waals surface area contributed by atoms with Crippen molar-refractivity contribution in [3.8, 4) is 0 Å². The number of benzene rings is 1. The highest BCUT2D eigenvalue weighted by Crippen LogP contribution is 2.12. The van der Waals surface area contributed by atoms with Crippen LogP contribution in [-0.2, 0) is 54.4 Å². The summed E-state index contributed by atoms with van der Waals surface area (Å²) in [4.78, 5) is 139. The van der Waals surface area contributed by atoms with Gasteiger partial charge in [-0.25, -0.2) is 0 Å². The zero-order chi connectivity index (χ0) is 57.1. The summed E-state index contributed by atoms with van der Waals surface area (Å²) in [7, 11) is 0. The fraction of sp³-hybridized carbons (Fsp3) is 0.673. The van der Waals surface area contributed by atoms with Crippen molar-refractivity contribution in [1.82, 2.24) is 53.2 Å². The summed E-state index contributed by atoms with van der Waals surface area (Å²) in [5.41, 5.74) is 29.8. The first kappa shape index (κ1) is 65.8. The van der Waals surface area contributed by atoms with E-state index in [1.807, 2.05) is 0 Å². The first-order valence-electron chi connectivity index (χ1n) is 25.9. The van der Waals surface area contributed by atoms with Crippen LogP contribution >= 0.6 is 0 Å². The minimum absolute atomic E-state index is 0.00927. The van der Waals surface area contributed by atoms with Gasteiger partial charge in [-0.15, -0.1) is 0 Å². The second-order valence-electron chi connectivity index (χ2n) is 19.5. The van der Waals surface area contributed by atoms with Crippen molar-refractivity contribution in [1.29, 1.82) is 0 Å². The minimum Gasteiger partial charge on any atom is -0.391 e. The summed E-state index contributed by atoms with van der Waals surface area (Å²) in [6, 6.07) is -4.82. The van der Waals surface area contributed by atoms with Crippen molar-refractivity contribution >= 4 is 59.1 Å². The highest BCUT2D eigenvalue weighted by molar-refractivity contribution is 5.99. The Labute approximate surface area is 444 Å². The Morgan fingerprint density at radius 2 is 1.14 bits per heavy atom. The highest BCUT2D eigenvalue weighted by Gasteiger charge is 2.37. The molecule has 76 heavy (non-hydrogen) atoms. The van der Waals surface area contributed by atoms with Crippen LogP contribution in [0.4, 0.5) is 0 Å². The van der Waals surface area contributed by atoms with E-state index < -0.39 is 139 Å². The van der Waals surface area contributed by atoms with Crippen molar-refractivity contribution in [3.05, 3.63) is 35.9 Å². The van der Waals surface area contributed by atoms with Gasteiger partial charge >= 0.3 is 0 Å². The Kier molecular flexibility index (Phi) is 29.7. The van der Waals surface area contributed by atoms with E-state index in [1.165, 1.54) is 13.8 Å². The third-order valence-electron chi connectivity index (χ3n) is 12.2. The third-order valence-corrected chi connectivity index (χ3v) is 12.2. The summed E-state index contributed by atoms with van der Waals surface area (Å²) in [5, 5.41) is 46.8. The molecule has 2 rings (SSSR count).